The fourth-order valence-electron chi connectivity index (χ4n) is 1.86. The van der Waals surface area contributed by atoms with E-state index in [9.17, 15) is 15.0 Å². The molecule has 0 bridgehead atoms. The summed E-state index contributed by atoms with van der Waals surface area (Å²) >= 11 is 4.90. The van der Waals surface area contributed by atoms with Crippen molar-refractivity contribution in [2.45, 2.75) is 6.92 Å². The van der Waals surface area contributed by atoms with Crippen molar-refractivity contribution < 1.29 is 15.0 Å². The van der Waals surface area contributed by atoms with Gasteiger partial charge in [0.2, 0.25) is 0 Å². The minimum atomic E-state index is -0.617. The molecule has 0 saturated carbocycles. The van der Waals surface area contributed by atoms with Crippen molar-refractivity contribution in [2.24, 2.45) is 5.73 Å². The third kappa shape index (κ3) is 3.11. The first kappa shape index (κ1) is 14.8. The summed E-state index contributed by atoms with van der Waals surface area (Å²) in [4.78, 5) is 12.4. The first-order chi connectivity index (χ1) is 9.90. The molecular formula is C15H14N2O3S. The molecule has 108 valence electrons. The van der Waals surface area contributed by atoms with Gasteiger partial charge in [-0.2, -0.15) is 0 Å². The van der Waals surface area contributed by atoms with E-state index < -0.39 is 5.91 Å². The van der Waals surface area contributed by atoms with Crippen molar-refractivity contribution in [3.63, 3.8) is 0 Å². The monoisotopic (exact) mass is 302 g/mol. The van der Waals surface area contributed by atoms with Gasteiger partial charge in [0, 0.05) is 11.3 Å². The number of aryl methyl sites for hydroxylation is 1. The second kappa shape index (κ2) is 5.80. The number of rotatable bonds is 3. The lowest BCUT2D eigenvalue weighted by Crippen LogP contribution is -2.15. The minimum Gasteiger partial charge on any atom is -0.507 e. The lowest BCUT2D eigenvalue weighted by Gasteiger charge is -2.12. The van der Waals surface area contributed by atoms with E-state index in [-0.39, 0.29) is 22.1 Å². The number of thiocarbonyl (C=S) groups is 1. The van der Waals surface area contributed by atoms with Crippen LogP contribution >= 0.6 is 12.2 Å². The van der Waals surface area contributed by atoms with Gasteiger partial charge < -0.3 is 21.3 Å². The number of hydrogen-bond donors (Lipinski definition) is 4. The molecule has 5 N–H and O–H groups in total. The van der Waals surface area contributed by atoms with Gasteiger partial charge in [-0.25, -0.2) is 0 Å². The molecule has 2 aromatic carbocycles. The van der Waals surface area contributed by atoms with Crippen LogP contribution in [0.5, 0.6) is 11.5 Å². The van der Waals surface area contributed by atoms with E-state index in [0.29, 0.717) is 11.3 Å². The molecule has 0 unspecified atom stereocenters. The number of nitrogens with two attached hydrogens (primary N) is 1. The predicted octanol–water partition coefficient (Wildman–Crippen LogP) is 2.29. The van der Waals surface area contributed by atoms with Crippen LogP contribution in [0.4, 0.5) is 5.69 Å². The second-order valence-electron chi connectivity index (χ2n) is 4.52. The topological polar surface area (TPSA) is 95.6 Å². The Morgan fingerprint density at radius 1 is 1.19 bits per heavy atom. The van der Waals surface area contributed by atoms with Gasteiger partial charge in [0.15, 0.2) is 0 Å². The average Bonchev–Trinajstić information content (AvgIpc) is 2.40. The van der Waals surface area contributed by atoms with Crippen molar-refractivity contribution in [1.29, 1.82) is 0 Å². The molecular weight excluding hydrogens is 288 g/mol. The Kier molecular flexibility index (Phi) is 4.09. The first-order valence-electron chi connectivity index (χ1n) is 6.13. The molecule has 5 nitrogen and oxygen atoms in total. The molecule has 0 radical (unpaired) electrons. The van der Waals surface area contributed by atoms with Crippen LogP contribution in [0.3, 0.4) is 0 Å². The van der Waals surface area contributed by atoms with E-state index in [1.807, 2.05) is 6.92 Å². The van der Waals surface area contributed by atoms with Crippen molar-refractivity contribution in [3.05, 3.63) is 53.1 Å². The molecule has 0 heterocycles. The summed E-state index contributed by atoms with van der Waals surface area (Å²) in [6, 6.07) is 9.27. The quantitative estimate of drug-likeness (QED) is 0.652. The molecule has 0 saturated heterocycles. The molecule has 2 rings (SSSR count). The van der Waals surface area contributed by atoms with Gasteiger partial charge in [0.25, 0.3) is 5.91 Å². The molecule has 0 aliphatic heterocycles. The van der Waals surface area contributed by atoms with E-state index in [4.69, 9.17) is 18.0 Å². The lowest BCUT2D eigenvalue weighted by atomic mass is 10.1. The molecule has 6 heteroatoms. The van der Waals surface area contributed by atoms with E-state index in [1.54, 1.807) is 18.2 Å². The molecule has 0 fully saturated rings. The summed E-state index contributed by atoms with van der Waals surface area (Å²) in [7, 11) is 0. The van der Waals surface area contributed by atoms with E-state index in [1.165, 1.54) is 18.2 Å². The fourth-order valence-corrected chi connectivity index (χ4v) is 1.98. The Bertz CT molecular complexity index is 709. The molecule has 0 aliphatic carbocycles. The number of phenolic OH excluding ortho intramolecular Hbond substituents is 2. The van der Waals surface area contributed by atoms with E-state index in [0.717, 1.165) is 5.56 Å². The number of carbonyl (C=O) groups is 1. The number of anilines is 1. The number of aromatic hydroxyl groups is 2. The Labute approximate surface area is 127 Å². The molecule has 21 heavy (non-hydrogen) atoms. The highest BCUT2D eigenvalue weighted by molar-refractivity contribution is 7.80. The highest BCUT2D eigenvalue weighted by Gasteiger charge is 2.17. The molecule has 1 amide bonds. The number of carbonyl (C=O) groups excluding carboxylic acids is 1. The maximum atomic E-state index is 12.2. The molecule has 0 aliphatic rings. The zero-order valence-electron chi connectivity index (χ0n) is 11.3. The number of amides is 1. The maximum absolute atomic E-state index is 12.2. The summed E-state index contributed by atoms with van der Waals surface area (Å²) < 4.78 is 0. The number of phenols is 2. The summed E-state index contributed by atoms with van der Waals surface area (Å²) in [5.41, 5.74) is 7.31. The summed E-state index contributed by atoms with van der Waals surface area (Å²) in [5, 5.41) is 22.0. The van der Waals surface area contributed by atoms with E-state index >= 15 is 0 Å². The highest BCUT2D eigenvalue weighted by Crippen LogP contribution is 2.28. The minimum absolute atomic E-state index is 0.183. The van der Waals surface area contributed by atoms with Crippen LogP contribution in [-0.2, 0) is 0 Å². The van der Waals surface area contributed by atoms with Crippen LogP contribution < -0.4 is 11.1 Å². The molecule has 0 aromatic heterocycles. The SMILES string of the molecule is Cc1ccc(C(N)=S)cc1NC(=O)c1c(O)cccc1O. The van der Waals surface area contributed by atoms with Gasteiger partial charge in [0.1, 0.15) is 22.1 Å². The van der Waals surface area contributed by atoms with Gasteiger partial charge in [-0.3, -0.25) is 4.79 Å². The predicted molar refractivity (Wildman–Crippen MR) is 84.8 cm³/mol. The zero-order valence-corrected chi connectivity index (χ0v) is 12.1. The maximum Gasteiger partial charge on any atom is 0.263 e. The van der Waals surface area contributed by atoms with Crippen molar-refractivity contribution in [2.75, 3.05) is 5.32 Å². The number of nitrogens with one attached hydrogen (secondary N) is 1. The van der Waals surface area contributed by atoms with Crippen molar-refractivity contribution >= 4 is 28.8 Å². The molecule has 0 spiro atoms. The van der Waals surface area contributed by atoms with Crippen molar-refractivity contribution in [3.8, 4) is 11.5 Å². The normalized spacial score (nSPS) is 10.1. The number of hydrogen-bond acceptors (Lipinski definition) is 4. The van der Waals surface area contributed by atoms with E-state index in [2.05, 4.69) is 5.32 Å². The summed E-state index contributed by atoms with van der Waals surface area (Å²) in [6.07, 6.45) is 0. The lowest BCUT2D eigenvalue weighted by molar-refractivity contribution is 0.102. The average molecular weight is 302 g/mol. The van der Waals surface area contributed by atoms with Crippen LogP contribution in [-0.4, -0.2) is 21.1 Å². The Morgan fingerprint density at radius 2 is 1.81 bits per heavy atom. The third-order valence-corrected chi connectivity index (χ3v) is 3.25. The van der Waals surface area contributed by atoms with Gasteiger partial charge in [-0.1, -0.05) is 30.4 Å². The largest absolute Gasteiger partial charge is 0.507 e. The smallest absolute Gasteiger partial charge is 0.263 e. The molecule has 0 atom stereocenters. The standard InChI is InChI=1S/C15H14N2O3S/c1-8-5-6-9(14(16)21)7-10(8)17-15(20)13-11(18)3-2-4-12(13)19/h2-7,18-19H,1H3,(H2,16,21)(H,17,20). The fraction of sp³-hybridized carbons (Fsp3) is 0.0667. The Morgan fingerprint density at radius 3 is 2.38 bits per heavy atom. The summed E-state index contributed by atoms with van der Waals surface area (Å²) in [5.74, 6) is -1.21. The first-order valence-corrected chi connectivity index (χ1v) is 6.53. The van der Waals surface area contributed by atoms with Crippen LogP contribution in [0.2, 0.25) is 0 Å². The Balaban J connectivity index is 2.36. The molecule has 2 aromatic rings. The summed E-state index contributed by atoms with van der Waals surface area (Å²) in [6.45, 7) is 1.81. The van der Waals surface area contributed by atoms with Crippen molar-refractivity contribution in [1.82, 2.24) is 0 Å². The van der Waals surface area contributed by atoms with Gasteiger partial charge in [-0.05, 0) is 30.7 Å². The third-order valence-electron chi connectivity index (χ3n) is 3.02. The van der Waals surface area contributed by atoms with Crippen LogP contribution in [0.25, 0.3) is 0 Å². The van der Waals surface area contributed by atoms with Crippen LogP contribution in [0.1, 0.15) is 21.5 Å². The second-order valence-corrected chi connectivity index (χ2v) is 4.96. The van der Waals surface area contributed by atoms with Gasteiger partial charge >= 0.3 is 0 Å². The van der Waals surface area contributed by atoms with Crippen LogP contribution in [0, 0.1) is 6.92 Å². The number of benzene rings is 2. The highest BCUT2D eigenvalue weighted by atomic mass is 32.1. The van der Waals surface area contributed by atoms with Gasteiger partial charge in [-0.15, -0.1) is 0 Å². The van der Waals surface area contributed by atoms with Gasteiger partial charge in [0.05, 0.1) is 0 Å². The zero-order chi connectivity index (χ0) is 15.6. The van der Waals surface area contributed by atoms with Crippen LogP contribution in [0.15, 0.2) is 36.4 Å². The Hall–Kier alpha value is -2.60.